The Morgan fingerprint density at radius 1 is 1.32 bits per heavy atom. The molecule has 0 saturated carbocycles. The molecular weight excluding hydrogens is 318 g/mol. The first-order valence-corrected chi connectivity index (χ1v) is 8.62. The summed E-state index contributed by atoms with van der Waals surface area (Å²) in [6, 6.07) is -0.641. The van der Waals surface area contributed by atoms with Crippen molar-refractivity contribution in [3.05, 3.63) is 23.8 Å². The SMILES string of the molecule is C=Cc1nc(C(=O)NC(C(=O)NC)C(C)(C)C)c2n1CCCN(C)C2. The highest BCUT2D eigenvalue weighted by Crippen LogP contribution is 2.22. The number of aromatic nitrogens is 2. The number of likely N-dealkylation sites (N-methyl/N-ethyl adjacent to an activating group) is 1. The normalized spacial score (nSPS) is 16.5. The Morgan fingerprint density at radius 3 is 2.56 bits per heavy atom. The molecule has 2 N–H and O–H groups in total. The maximum Gasteiger partial charge on any atom is 0.272 e. The van der Waals surface area contributed by atoms with Gasteiger partial charge in [-0.2, -0.15) is 0 Å². The highest BCUT2D eigenvalue weighted by atomic mass is 16.2. The van der Waals surface area contributed by atoms with Crippen LogP contribution >= 0.6 is 0 Å². The van der Waals surface area contributed by atoms with Gasteiger partial charge in [0.15, 0.2) is 5.69 Å². The molecule has 0 bridgehead atoms. The molecule has 0 radical (unpaired) electrons. The third-order valence-corrected chi connectivity index (χ3v) is 4.49. The zero-order chi connectivity index (χ0) is 18.8. The molecule has 1 aromatic rings. The van der Waals surface area contributed by atoms with Crippen LogP contribution in [0.15, 0.2) is 6.58 Å². The molecule has 0 aromatic carbocycles. The molecule has 2 heterocycles. The molecule has 0 spiro atoms. The minimum atomic E-state index is -0.641. The van der Waals surface area contributed by atoms with Crippen molar-refractivity contribution in [2.75, 3.05) is 20.6 Å². The van der Waals surface area contributed by atoms with E-state index in [9.17, 15) is 9.59 Å². The van der Waals surface area contributed by atoms with Gasteiger partial charge in [-0.15, -0.1) is 0 Å². The van der Waals surface area contributed by atoms with Gasteiger partial charge in [-0.1, -0.05) is 27.4 Å². The number of nitrogens with one attached hydrogen (secondary N) is 2. The number of imidazole rings is 1. The van der Waals surface area contributed by atoms with E-state index in [4.69, 9.17) is 0 Å². The highest BCUT2D eigenvalue weighted by molar-refractivity contribution is 5.97. The fraction of sp³-hybridized carbons (Fsp3) is 0.611. The number of amides is 2. The van der Waals surface area contributed by atoms with Gasteiger partial charge in [0.1, 0.15) is 11.9 Å². The number of hydrogen-bond acceptors (Lipinski definition) is 4. The van der Waals surface area contributed by atoms with Crippen LogP contribution in [-0.4, -0.2) is 52.9 Å². The molecule has 1 aromatic heterocycles. The lowest BCUT2D eigenvalue weighted by Crippen LogP contribution is -2.53. The second-order valence-electron chi connectivity index (χ2n) is 7.60. The second kappa shape index (κ2) is 7.39. The first-order chi connectivity index (χ1) is 11.7. The average molecular weight is 347 g/mol. The zero-order valence-corrected chi connectivity index (χ0v) is 15.8. The van der Waals surface area contributed by atoms with Crippen LogP contribution in [0.1, 0.15) is 49.2 Å². The molecule has 25 heavy (non-hydrogen) atoms. The molecule has 7 heteroatoms. The minimum Gasteiger partial charge on any atom is -0.357 e. The summed E-state index contributed by atoms with van der Waals surface area (Å²) in [5.41, 5.74) is 0.837. The summed E-state index contributed by atoms with van der Waals surface area (Å²) < 4.78 is 2.05. The van der Waals surface area contributed by atoms with E-state index >= 15 is 0 Å². The molecule has 0 saturated heterocycles. The summed E-state index contributed by atoms with van der Waals surface area (Å²) in [6.45, 7) is 12.0. The molecule has 138 valence electrons. The molecule has 1 aliphatic rings. The molecule has 2 rings (SSSR count). The molecule has 1 aliphatic heterocycles. The average Bonchev–Trinajstić information content (AvgIpc) is 2.76. The maximum atomic E-state index is 12.9. The number of fused-ring (bicyclic) bond motifs is 1. The van der Waals surface area contributed by atoms with Gasteiger partial charge in [-0.3, -0.25) is 9.59 Å². The summed E-state index contributed by atoms with van der Waals surface area (Å²) >= 11 is 0. The fourth-order valence-electron chi connectivity index (χ4n) is 3.11. The number of nitrogens with zero attached hydrogens (tertiary/aromatic N) is 3. The van der Waals surface area contributed by atoms with E-state index < -0.39 is 11.5 Å². The number of hydrogen-bond donors (Lipinski definition) is 2. The summed E-state index contributed by atoms with van der Waals surface area (Å²) in [5, 5.41) is 5.49. The summed E-state index contributed by atoms with van der Waals surface area (Å²) in [7, 11) is 3.60. The van der Waals surface area contributed by atoms with Crippen LogP contribution in [0.4, 0.5) is 0 Å². The van der Waals surface area contributed by atoms with Crippen molar-refractivity contribution in [3.63, 3.8) is 0 Å². The Hall–Kier alpha value is -2.15. The maximum absolute atomic E-state index is 12.9. The molecule has 2 amide bonds. The first kappa shape index (κ1) is 19.2. The Balaban J connectivity index is 2.37. The Morgan fingerprint density at radius 2 is 2.00 bits per heavy atom. The van der Waals surface area contributed by atoms with Crippen LogP contribution in [-0.2, 0) is 17.9 Å². The Labute approximate surface area is 149 Å². The van der Waals surface area contributed by atoms with Crippen molar-refractivity contribution in [3.8, 4) is 0 Å². The van der Waals surface area contributed by atoms with E-state index in [1.165, 1.54) is 0 Å². The van der Waals surface area contributed by atoms with Crippen LogP contribution in [0.2, 0.25) is 0 Å². The zero-order valence-electron chi connectivity index (χ0n) is 15.8. The van der Waals surface area contributed by atoms with Crippen LogP contribution in [0.5, 0.6) is 0 Å². The lowest BCUT2D eigenvalue weighted by atomic mass is 9.86. The topological polar surface area (TPSA) is 79.3 Å². The molecule has 1 unspecified atom stereocenters. The third kappa shape index (κ3) is 4.10. The van der Waals surface area contributed by atoms with Crippen molar-refractivity contribution in [2.45, 2.75) is 46.3 Å². The first-order valence-electron chi connectivity index (χ1n) is 8.62. The van der Waals surface area contributed by atoms with E-state index in [1.807, 2.05) is 27.8 Å². The molecule has 0 aliphatic carbocycles. The fourth-order valence-corrected chi connectivity index (χ4v) is 3.11. The van der Waals surface area contributed by atoms with E-state index in [-0.39, 0.29) is 11.8 Å². The van der Waals surface area contributed by atoms with Gasteiger partial charge in [0.2, 0.25) is 5.91 Å². The van der Waals surface area contributed by atoms with Crippen molar-refractivity contribution in [1.82, 2.24) is 25.1 Å². The van der Waals surface area contributed by atoms with Gasteiger partial charge in [0.05, 0.1) is 5.69 Å². The number of carbonyl (C=O) groups excluding carboxylic acids is 2. The van der Waals surface area contributed by atoms with Gasteiger partial charge in [-0.25, -0.2) is 4.98 Å². The monoisotopic (exact) mass is 347 g/mol. The lowest BCUT2D eigenvalue weighted by Gasteiger charge is -2.29. The van der Waals surface area contributed by atoms with Crippen LogP contribution in [0.25, 0.3) is 6.08 Å². The Kier molecular flexibility index (Phi) is 5.67. The molecular formula is C18H29N5O2. The summed E-state index contributed by atoms with van der Waals surface area (Å²) in [4.78, 5) is 31.8. The van der Waals surface area contributed by atoms with E-state index in [0.717, 1.165) is 25.2 Å². The predicted molar refractivity (Wildman–Crippen MR) is 98.0 cm³/mol. The number of carbonyl (C=O) groups is 2. The summed E-state index contributed by atoms with van der Waals surface area (Å²) in [5.74, 6) is 0.158. The highest BCUT2D eigenvalue weighted by Gasteiger charge is 2.34. The van der Waals surface area contributed by atoms with Gasteiger partial charge in [0.25, 0.3) is 5.91 Å². The van der Waals surface area contributed by atoms with E-state index in [2.05, 4.69) is 31.7 Å². The van der Waals surface area contributed by atoms with Gasteiger partial charge >= 0.3 is 0 Å². The molecule has 7 nitrogen and oxygen atoms in total. The largest absolute Gasteiger partial charge is 0.357 e. The van der Waals surface area contributed by atoms with Crippen LogP contribution in [0, 0.1) is 5.41 Å². The smallest absolute Gasteiger partial charge is 0.272 e. The minimum absolute atomic E-state index is 0.216. The Bertz CT molecular complexity index is 672. The second-order valence-corrected chi connectivity index (χ2v) is 7.60. The predicted octanol–water partition coefficient (Wildman–Crippen LogP) is 1.25. The van der Waals surface area contributed by atoms with E-state index in [0.29, 0.717) is 18.1 Å². The number of rotatable bonds is 4. The third-order valence-electron chi connectivity index (χ3n) is 4.49. The molecule has 0 fully saturated rings. The van der Waals surface area contributed by atoms with Gasteiger partial charge in [0, 0.05) is 20.1 Å². The quantitative estimate of drug-likeness (QED) is 0.859. The van der Waals surface area contributed by atoms with Gasteiger partial charge in [-0.05, 0) is 31.5 Å². The summed E-state index contributed by atoms with van der Waals surface area (Å²) in [6.07, 6.45) is 2.66. The van der Waals surface area contributed by atoms with Crippen LogP contribution in [0.3, 0.4) is 0 Å². The van der Waals surface area contributed by atoms with Crippen molar-refractivity contribution in [1.29, 1.82) is 0 Å². The van der Waals surface area contributed by atoms with Crippen molar-refractivity contribution < 1.29 is 9.59 Å². The van der Waals surface area contributed by atoms with Crippen molar-refractivity contribution in [2.24, 2.45) is 5.41 Å². The van der Waals surface area contributed by atoms with Crippen LogP contribution < -0.4 is 10.6 Å². The van der Waals surface area contributed by atoms with Gasteiger partial charge < -0.3 is 20.1 Å². The molecule has 1 atom stereocenters. The standard InChI is InChI=1S/C18H29N5O2/c1-7-13-20-14(12-11-22(6)9-8-10-23(12)13)16(24)21-15(17(25)19-5)18(2,3)4/h7,15H,1,8-11H2,2-6H3,(H,19,25)(H,21,24). The van der Waals surface area contributed by atoms with E-state index in [1.54, 1.807) is 13.1 Å². The van der Waals surface area contributed by atoms with Crippen molar-refractivity contribution >= 4 is 17.9 Å². The lowest BCUT2D eigenvalue weighted by molar-refractivity contribution is -0.124.